The summed E-state index contributed by atoms with van der Waals surface area (Å²) in [4.78, 5) is 169. The SMILES string of the molecule is CC(=O)SC(CC(=O)OC1CC(O)CC(O)C1)C(=O)O.CC(CO)(CO)COC(=O)NC1CCCC(NC(=O)NC2CCC(C(=O)O)CC2)C1.O=C(O)/C=C\C(=O)OC1CC(O)CC(O)C1.O=C(O)C/C(=C/C(=O)OC1CC(O)CC(O)C1)C(=O)O.O=C(O)C1CCCCC1C(=O)OC1CC(O)CC(O)C1.O=C(O)C1CCCCC1C(=O)OCC(CO)(CO)CBr. The van der Waals surface area contributed by atoms with Crippen molar-refractivity contribution < 1.29 is 197 Å². The van der Waals surface area contributed by atoms with E-state index in [1.54, 1.807) is 6.92 Å². The summed E-state index contributed by atoms with van der Waals surface area (Å²) in [6.45, 7) is 1.38. The van der Waals surface area contributed by atoms with Gasteiger partial charge in [0.2, 0.25) is 0 Å². The number of amides is 3. The van der Waals surface area contributed by atoms with Crippen molar-refractivity contribution in [1.82, 2.24) is 16.0 Å². The Hall–Kier alpha value is -8.32. The zero-order valence-electron chi connectivity index (χ0n) is 70.4. The van der Waals surface area contributed by atoms with Crippen molar-refractivity contribution in [3.05, 3.63) is 23.8 Å². The topological polar surface area (TPSA) is 732 Å². The molecule has 8 aliphatic rings. The molecule has 718 valence electrons. The molecule has 0 aromatic heterocycles. The summed E-state index contributed by atoms with van der Waals surface area (Å²) >= 11 is 3.73. The highest BCUT2D eigenvalue weighted by Gasteiger charge is 2.42. The first-order chi connectivity index (χ1) is 59.2. The third-order valence-electron chi connectivity index (χ3n) is 22.1. The fraction of sp³-hybridized carbons (Fsp3) is 0.765. The molecule has 8 aliphatic carbocycles. The van der Waals surface area contributed by atoms with Crippen LogP contribution in [0.2, 0.25) is 0 Å². The molecule has 0 radical (unpaired) electrons. The maximum absolute atomic E-state index is 12.3. The molecule has 0 aromatic rings. The van der Waals surface area contributed by atoms with E-state index < -0.39 is 214 Å². The molecule has 0 aliphatic heterocycles. The third-order valence-corrected chi connectivity index (χ3v) is 24.3. The molecular weight excluding hydrogens is 1770 g/mol. The molecule has 0 heterocycles. The second-order valence-electron chi connectivity index (χ2n) is 33.3. The predicted molar refractivity (Wildman–Crippen MR) is 437 cm³/mol. The van der Waals surface area contributed by atoms with Crippen LogP contribution in [0.25, 0.3) is 0 Å². The molecule has 22 N–H and O–H groups in total. The molecule has 0 bridgehead atoms. The van der Waals surface area contributed by atoms with Crippen molar-refractivity contribution >= 4 is 117 Å². The summed E-state index contributed by atoms with van der Waals surface area (Å²) in [6, 6.07) is -0.472. The molecular formula is C81H126BrN3O40S. The number of esters is 5. The summed E-state index contributed by atoms with van der Waals surface area (Å²) < 4.78 is 30.4. The fourth-order valence-electron chi connectivity index (χ4n) is 15.2. The van der Waals surface area contributed by atoms with Crippen LogP contribution in [0.3, 0.4) is 0 Å². The highest BCUT2D eigenvalue weighted by molar-refractivity contribution is 9.09. The van der Waals surface area contributed by atoms with E-state index in [0.717, 1.165) is 51.0 Å². The van der Waals surface area contributed by atoms with E-state index in [-0.39, 0.29) is 133 Å². The van der Waals surface area contributed by atoms with E-state index in [1.165, 1.54) is 6.92 Å². The van der Waals surface area contributed by atoms with E-state index in [9.17, 15) is 133 Å². The number of aliphatic carboxylic acids is 7. The molecule has 126 heavy (non-hydrogen) atoms. The number of hydrogen-bond acceptors (Lipinski definition) is 34. The Labute approximate surface area is 738 Å². The fourth-order valence-corrected chi connectivity index (χ4v) is 16.5. The van der Waals surface area contributed by atoms with Gasteiger partial charge in [-0.05, 0) is 103 Å². The van der Waals surface area contributed by atoms with Crippen LogP contribution in [0.15, 0.2) is 23.8 Å². The molecule has 0 aromatic carbocycles. The van der Waals surface area contributed by atoms with Gasteiger partial charge in [0.05, 0.1) is 129 Å². The van der Waals surface area contributed by atoms with Gasteiger partial charge in [0.15, 0.2) is 5.12 Å². The highest BCUT2D eigenvalue weighted by Crippen LogP contribution is 2.36. The number of carbonyl (C=O) groups excluding carboxylic acids is 8. The van der Waals surface area contributed by atoms with Crippen molar-refractivity contribution in [3.63, 3.8) is 0 Å². The molecule has 15 unspecified atom stereocenters. The van der Waals surface area contributed by atoms with Gasteiger partial charge < -0.3 is 141 Å². The van der Waals surface area contributed by atoms with E-state index in [2.05, 4.69) is 31.9 Å². The molecule has 15 atom stereocenters. The predicted octanol–water partition coefficient (Wildman–Crippen LogP) is 1.10. The first kappa shape index (κ1) is 112. The monoisotopic (exact) mass is 1890 g/mol. The largest absolute Gasteiger partial charge is 0.481 e. The van der Waals surface area contributed by atoms with Crippen molar-refractivity contribution in [2.75, 3.05) is 45.0 Å². The minimum Gasteiger partial charge on any atom is -0.481 e. The minimum absolute atomic E-state index is 0.0135. The second kappa shape index (κ2) is 57.6. The number of carboxylic acids is 7. The normalized spacial score (nSPS) is 28.7. The molecule has 45 heteroatoms. The van der Waals surface area contributed by atoms with Gasteiger partial charge in [0.25, 0.3) is 0 Å². The minimum atomic E-state index is -1.52. The molecule has 8 rings (SSSR count). The second-order valence-corrected chi connectivity index (χ2v) is 35.3. The summed E-state index contributed by atoms with van der Waals surface area (Å²) in [7, 11) is 0. The van der Waals surface area contributed by atoms with Crippen molar-refractivity contribution in [3.8, 4) is 0 Å². The van der Waals surface area contributed by atoms with Crippen LogP contribution in [0.5, 0.6) is 0 Å². The van der Waals surface area contributed by atoms with Crippen molar-refractivity contribution in [1.29, 1.82) is 0 Å². The number of hydrogen-bond donors (Lipinski definition) is 22. The Balaban J connectivity index is 0.000000394. The van der Waals surface area contributed by atoms with Gasteiger partial charge >= 0.3 is 83.8 Å². The maximum Gasteiger partial charge on any atom is 0.407 e. The number of ether oxygens (including phenoxy) is 6. The lowest BCUT2D eigenvalue weighted by molar-refractivity contribution is -0.168. The van der Waals surface area contributed by atoms with Crippen LogP contribution in [-0.4, -0.2) is 327 Å². The maximum atomic E-state index is 12.3. The number of carboxylic acid groups (broad SMARTS) is 7. The van der Waals surface area contributed by atoms with Gasteiger partial charge in [0, 0.05) is 105 Å². The Morgan fingerprint density at radius 3 is 1.24 bits per heavy atom. The Morgan fingerprint density at radius 2 is 0.849 bits per heavy atom. The standard InChI is InChI=1S/C20H35N3O7.C14H22O6.C13H21BrO6.C12H16O8.C12H18O7S.C10H14O6/c1-20(10-24,11-25)12-30-19(29)23-16-4-2-3-15(9-16)22-18(28)21-14-7-5-13(6-8-14)17(26)27;15-8-5-9(16)7-10(6-8)20-14(19)12-4-2-1-3-11(12)13(17)18;14-5-13(6-15,7-16)8-20-12(19)10-4-2-1-3-9(10)11(17)18;13-7-3-8(14)5-9(4-7)20-11(17)2-6(12(18)19)1-10(15)16;1-6(13)20-10(12(17)18)5-11(16)19-9-3-7(14)2-8(15)4-9;11-6-3-7(12)5-8(4-6)16-10(15)2-1-9(13)14/h13-16,24-25H,2-12H2,1H3,(H,23,29)(H,26,27)(H2,21,22,28);8-12,15-16H,1-7H2,(H,17,18);9-10,15-16H,1-8H2,(H,17,18);2,7-9,13-14H,1,3-5H2,(H,15,16)(H,18,19);7-10,14-15H,2-5H2,1H3,(H,17,18);1-2,6-8,11-12H,3-5H2,(H,13,14)/b;;;6-2-;;2-1-. The Kier molecular flexibility index (Phi) is 51.1. The lowest BCUT2D eigenvalue weighted by Crippen LogP contribution is -2.51. The summed E-state index contributed by atoms with van der Waals surface area (Å²) in [6.07, 6.45) is 5.77. The van der Waals surface area contributed by atoms with Crippen LogP contribution >= 0.6 is 27.7 Å². The van der Waals surface area contributed by atoms with Crippen LogP contribution in [-0.2, 0) is 90.8 Å². The van der Waals surface area contributed by atoms with Crippen LogP contribution in [0.1, 0.15) is 206 Å². The van der Waals surface area contributed by atoms with Gasteiger partial charge in [0.1, 0.15) is 42.9 Å². The molecule has 8 saturated carbocycles. The lowest BCUT2D eigenvalue weighted by Gasteiger charge is -2.32. The third kappa shape index (κ3) is 44.1. The number of nitrogens with one attached hydrogen (secondary N) is 3. The van der Waals surface area contributed by atoms with Gasteiger partial charge in [-0.3, -0.25) is 43.2 Å². The number of halogens is 1. The first-order valence-corrected chi connectivity index (χ1v) is 43.8. The molecule has 0 spiro atoms. The number of thioether (sulfide) groups is 1. The first-order valence-electron chi connectivity index (χ1n) is 41.8. The molecule has 0 saturated heterocycles. The number of carbonyl (C=O) groups is 15. The summed E-state index contributed by atoms with van der Waals surface area (Å²) in [5.41, 5.74) is -2.40. The Bertz CT molecular complexity index is 3530. The van der Waals surface area contributed by atoms with E-state index >= 15 is 0 Å². The van der Waals surface area contributed by atoms with Gasteiger partial charge in [-0.2, -0.15) is 0 Å². The van der Waals surface area contributed by atoms with Crippen LogP contribution < -0.4 is 16.0 Å². The summed E-state index contributed by atoms with van der Waals surface area (Å²) in [5, 5.41) is 182. The number of aliphatic hydroxyl groups is 12. The quantitative estimate of drug-likeness (QED) is 0.0200. The van der Waals surface area contributed by atoms with Gasteiger partial charge in [-0.1, -0.05) is 60.3 Å². The number of rotatable bonds is 31. The zero-order valence-corrected chi connectivity index (χ0v) is 72.8. The highest BCUT2D eigenvalue weighted by atomic mass is 79.9. The average Bonchev–Trinajstić information content (AvgIpc) is 0.842. The summed E-state index contributed by atoms with van der Waals surface area (Å²) in [5.74, 6) is -14.6. The van der Waals surface area contributed by atoms with Crippen molar-refractivity contribution in [2.45, 2.75) is 303 Å². The van der Waals surface area contributed by atoms with E-state index in [1.807, 2.05) is 0 Å². The van der Waals surface area contributed by atoms with Gasteiger partial charge in [-0.25, -0.2) is 28.8 Å². The van der Waals surface area contributed by atoms with Crippen LogP contribution in [0, 0.1) is 40.4 Å². The molecule has 3 amide bonds. The smallest absolute Gasteiger partial charge is 0.407 e. The number of alkyl carbamates (subject to hydrolysis) is 1. The zero-order chi connectivity index (χ0) is 94.7. The van der Waals surface area contributed by atoms with Gasteiger partial charge in [-0.15, -0.1) is 0 Å². The number of aliphatic hydroxyl groups excluding tert-OH is 12. The average molecular weight is 1890 g/mol. The van der Waals surface area contributed by atoms with E-state index in [4.69, 9.17) is 64.2 Å². The Morgan fingerprint density at radius 1 is 0.437 bits per heavy atom. The molecule has 8 fully saturated rings. The molecule has 43 nitrogen and oxygen atoms in total. The van der Waals surface area contributed by atoms with Crippen molar-refractivity contribution in [2.24, 2.45) is 40.4 Å². The number of urea groups is 1. The lowest BCUT2D eigenvalue weighted by atomic mass is 9.79. The van der Waals surface area contributed by atoms with E-state index in [0.29, 0.717) is 101 Å². The number of alkyl halides is 1. The van der Waals surface area contributed by atoms with Crippen LogP contribution in [0.4, 0.5) is 9.59 Å².